The maximum atomic E-state index is 10.7. The van der Waals surface area contributed by atoms with Gasteiger partial charge in [-0.15, -0.1) is 0 Å². The van der Waals surface area contributed by atoms with Crippen LogP contribution in [0.25, 0.3) is 0 Å². The summed E-state index contributed by atoms with van der Waals surface area (Å²) in [5, 5.41) is 9.52. The molecule has 0 saturated carbocycles. The van der Waals surface area contributed by atoms with Crippen molar-refractivity contribution in [2.45, 2.75) is 6.10 Å². The molecule has 1 aromatic rings. The molecule has 0 fully saturated rings. The van der Waals surface area contributed by atoms with Gasteiger partial charge in [0.05, 0.1) is 14.2 Å². The Bertz CT molecular complexity index is 379. The largest absolute Gasteiger partial charge is 0.508 e. The zero-order valence-electron chi connectivity index (χ0n) is 10.3. The van der Waals surface area contributed by atoms with Crippen LogP contribution < -0.4 is 9.47 Å². The molecular formula is C12H16O6. The Kier molecular flexibility index (Phi) is 5.79. The normalized spacial score (nSPS) is 11.5. The van der Waals surface area contributed by atoms with E-state index in [4.69, 9.17) is 9.47 Å². The number of benzene rings is 1. The highest BCUT2D eigenvalue weighted by Gasteiger charge is 2.11. The van der Waals surface area contributed by atoms with Crippen molar-refractivity contribution in [1.29, 1.82) is 0 Å². The zero-order valence-corrected chi connectivity index (χ0v) is 10.3. The van der Waals surface area contributed by atoms with Crippen molar-refractivity contribution >= 4 is 6.16 Å². The van der Waals surface area contributed by atoms with E-state index in [1.165, 1.54) is 14.2 Å². The lowest BCUT2D eigenvalue weighted by Crippen LogP contribution is -2.25. The first-order chi connectivity index (χ1) is 8.67. The molecule has 0 amide bonds. The summed E-state index contributed by atoms with van der Waals surface area (Å²) in [7, 11) is 2.72. The van der Waals surface area contributed by atoms with Crippen molar-refractivity contribution in [2.75, 3.05) is 27.4 Å². The minimum Gasteiger partial charge on any atom is -0.493 e. The SMILES string of the molecule is COC(=O)OCC(O)COc1ccccc1OC. The third-order valence-corrected chi connectivity index (χ3v) is 2.06. The van der Waals surface area contributed by atoms with E-state index in [-0.39, 0.29) is 13.2 Å². The second-order valence-electron chi connectivity index (χ2n) is 3.38. The molecule has 0 radical (unpaired) electrons. The van der Waals surface area contributed by atoms with Crippen LogP contribution in [0.2, 0.25) is 0 Å². The number of carbonyl (C=O) groups is 1. The average Bonchev–Trinajstić information content (AvgIpc) is 2.42. The first kappa shape index (κ1) is 14.1. The molecular weight excluding hydrogens is 240 g/mol. The predicted molar refractivity (Wildman–Crippen MR) is 62.9 cm³/mol. The van der Waals surface area contributed by atoms with E-state index >= 15 is 0 Å². The molecule has 18 heavy (non-hydrogen) atoms. The highest BCUT2D eigenvalue weighted by Crippen LogP contribution is 2.25. The first-order valence-corrected chi connectivity index (χ1v) is 5.32. The van der Waals surface area contributed by atoms with Gasteiger partial charge < -0.3 is 24.1 Å². The number of aliphatic hydroxyl groups excluding tert-OH is 1. The van der Waals surface area contributed by atoms with Crippen molar-refractivity contribution in [3.05, 3.63) is 24.3 Å². The van der Waals surface area contributed by atoms with Gasteiger partial charge in [0.25, 0.3) is 0 Å². The Morgan fingerprint density at radius 3 is 2.50 bits per heavy atom. The number of ether oxygens (including phenoxy) is 4. The molecule has 0 heterocycles. The van der Waals surface area contributed by atoms with Crippen molar-refractivity contribution in [3.63, 3.8) is 0 Å². The molecule has 1 aromatic carbocycles. The van der Waals surface area contributed by atoms with E-state index < -0.39 is 12.3 Å². The molecule has 6 heteroatoms. The topological polar surface area (TPSA) is 74.2 Å². The second kappa shape index (κ2) is 7.39. The quantitative estimate of drug-likeness (QED) is 0.771. The number of hydrogen-bond donors (Lipinski definition) is 1. The van der Waals surface area contributed by atoms with Crippen LogP contribution in [-0.4, -0.2) is 44.8 Å². The van der Waals surface area contributed by atoms with Gasteiger partial charge in [-0.2, -0.15) is 0 Å². The van der Waals surface area contributed by atoms with Crippen LogP contribution in [0.4, 0.5) is 4.79 Å². The zero-order chi connectivity index (χ0) is 13.4. The molecule has 0 aliphatic carbocycles. The molecule has 0 aliphatic heterocycles. The first-order valence-electron chi connectivity index (χ1n) is 5.32. The molecule has 100 valence electrons. The van der Waals surface area contributed by atoms with Gasteiger partial charge in [0.2, 0.25) is 0 Å². The Hall–Kier alpha value is -1.95. The van der Waals surface area contributed by atoms with Gasteiger partial charge in [0.15, 0.2) is 11.5 Å². The molecule has 0 aromatic heterocycles. The van der Waals surface area contributed by atoms with Gasteiger partial charge in [-0.1, -0.05) is 12.1 Å². The van der Waals surface area contributed by atoms with Crippen molar-refractivity contribution in [3.8, 4) is 11.5 Å². The fraction of sp³-hybridized carbons (Fsp3) is 0.417. The molecule has 1 unspecified atom stereocenters. The molecule has 0 spiro atoms. The van der Waals surface area contributed by atoms with Gasteiger partial charge in [0, 0.05) is 0 Å². The summed E-state index contributed by atoms with van der Waals surface area (Å²) in [5.41, 5.74) is 0. The summed E-state index contributed by atoms with van der Waals surface area (Å²) in [4.78, 5) is 10.7. The van der Waals surface area contributed by atoms with Gasteiger partial charge >= 0.3 is 6.16 Å². The van der Waals surface area contributed by atoms with E-state index in [1.54, 1.807) is 18.2 Å². The number of para-hydroxylation sites is 2. The summed E-state index contributed by atoms with van der Waals surface area (Å²) in [6.45, 7) is -0.209. The van der Waals surface area contributed by atoms with Crippen LogP contribution in [0, 0.1) is 0 Å². The third kappa shape index (κ3) is 4.50. The maximum absolute atomic E-state index is 10.7. The van der Waals surface area contributed by atoms with Gasteiger partial charge in [-0.3, -0.25) is 0 Å². The highest BCUT2D eigenvalue weighted by atomic mass is 16.7. The molecule has 0 saturated heterocycles. The Balaban J connectivity index is 2.37. The maximum Gasteiger partial charge on any atom is 0.508 e. The van der Waals surface area contributed by atoms with Gasteiger partial charge in [-0.05, 0) is 12.1 Å². The predicted octanol–water partition coefficient (Wildman–Crippen LogP) is 1.22. The molecule has 1 atom stereocenters. The Morgan fingerprint density at radius 1 is 1.22 bits per heavy atom. The fourth-order valence-electron chi connectivity index (χ4n) is 1.20. The number of aliphatic hydroxyl groups is 1. The van der Waals surface area contributed by atoms with Crippen molar-refractivity contribution < 1.29 is 28.8 Å². The van der Waals surface area contributed by atoms with E-state index in [2.05, 4.69) is 9.47 Å². The van der Waals surface area contributed by atoms with Crippen molar-refractivity contribution in [2.24, 2.45) is 0 Å². The van der Waals surface area contributed by atoms with E-state index in [0.29, 0.717) is 11.5 Å². The monoisotopic (exact) mass is 256 g/mol. The van der Waals surface area contributed by atoms with Crippen LogP contribution in [-0.2, 0) is 9.47 Å². The van der Waals surface area contributed by atoms with E-state index in [9.17, 15) is 9.90 Å². The van der Waals surface area contributed by atoms with Crippen LogP contribution in [0.3, 0.4) is 0 Å². The molecule has 1 rings (SSSR count). The fourth-order valence-corrected chi connectivity index (χ4v) is 1.20. The van der Waals surface area contributed by atoms with Crippen LogP contribution >= 0.6 is 0 Å². The van der Waals surface area contributed by atoms with Gasteiger partial charge in [0.1, 0.15) is 19.3 Å². The van der Waals surface area contributed by atoms with Crippen LogP contribution in [0.5, 0.6) is 11.5 Å². The highest BCUT2D eigenvalue weighted by molar-refractivity contribution is 5.59. The lowest BCUT2D eigenvalue weighted by Gasteiger charge is -2.14. The molecule has 0 bridgehead atoms. The molecule has 1 N–H and O–H groups in total. The second-order valence-corrected chi connectivity index (χ2v) is 3.38. The lowest BCUT2D eigenvalue weighted by atomic mass is 10.3. The number of carbonyl (C=O) groups excluding carboxylic acids is 1. The minimum atomic E-state index is -0.936. The third-order valence-electron chi connectivity index (χ3n) is 2.06. The van der Waals surface area contributed by atoms with Crippen LogP contribution in [0.1, 0.15) is 0 Å². The number of hydrogen-bond acceptors (Lipinski definition) is 6. The number of rotatable bonds is 6. The van der Waals surface area contributed by atoms with E-state index in [0.717, 1.165) is 0 Å². The standard InChI is InChI=1S/C12H16O6/c1-15-10-5-3-4-6-11(10)17-7-9(13)8-18-12(14)16-2/h3-6,9,13H,7-8H2,1-2H3. The molecule has 0 aliphatic rings. The summed E-state index contributed by atoms with van der Waals surface area (Å²) in [5.74, 6) is 1.08. The molecule has 6 nitrogen and oxygen atoms in total. The minimum absolute atomic E-state index is 0.0165. The van der Waals surface area contributed by atoms with Gasteiger partial charge in [-0.25, -0.2) is 4.79 Å². The smallest absolute Gasteiger partial charge is 0.493 e. The summed E-state index contributed by atoms with van der Waals surface area (Å²) >= 11 is 0. The number of methoxy groups -OCH3 is 2. The van der Waals surface area contributed by atoms with Crippen LogP contribution in [0.15, 0.2) is 24.3 Å². The lowest BCUT2D eigenvalue weighted by molar-refractivity contribution is 0.0119. The van der Waals surface area contributed by atoms with E-state index in [1.807, 2.05) is 6.07 Å². The summed E-state index contributed by atoms with van der Waals surface area (Å²) in [6.07, 6.45) is -1.78. The summed E-state index contributed by atoms with van der Waals surface area (Å²) in [6, 6.07) is 7.05. The Labute approximate surface area is 105 Å². The van der Waals surface area contributed by atoms with Crippen molar-refractivity contribution in [1.82, 2.24) is 0 Å². The average molecular weight is 256 g/mol. The Morgan fingerprint density at radius 2 is 1.89 bits per heavy atom. The summed E-state index contributed by atoms with van der Waals surface area (Å²) < 4.78 is 19.3.